The van der Waals surface area contributed by atoms with Gasteiger partial charge >= 0.3 is 0 Å². The summed E-state index contributed by atoms with van der Waals surface area (Å²) in [5.41, 5.74) is 6.97. The molecule has 2 N–H and O–H groups in total. The fraction of sp³-hybridized carbons (Fsp3) is 0.417. The molecule has 3 nitrogen and oxygen atoms in total. The third-order valence-electron chi connectivity index (χ3n) is 2.96. The van der Waals surface area contributed by atoms with Gasteiger partial charge in [0.1, 0.15) is 0 Å². The summed E-state index contributed by atoms with van der Waals surface area (Å²) in [7, 11) is 0. The first kappa shape index (κ1) is 11.5. The lowest BCUT2D eigenvalue weighted by atomic mass is 10.1. The number of carbonyl (C=O) groups excluding carboxylic acids is 1. The maximum atomic E-state index is 12.2. The Bertz CT molecular complexity index is 419. The Hall–Kier alpha value is -1.03. The normalized spacial score (nSPS) is 20.1. The Morgan fingerprint density at radius 3 is 2.94 bits per heavy atom. The van der Waals surface area contributed by atoms with E-state index in [0.29, 0.717) is 17.2 Å². The van der Waals surface area contributed by atoms with Crippen LogP contribution in [0.4, 0.5) is 5.69 Å². The molecule has 2 rings (SSSR count). The van der Waals surface area contributed by atoms with Gasteiger partial charge in [0.25, 0.3) is 5.91 Å². The average Bonchev–Trinajstić information content (AvgIpc) is 2.67. The summed E-state index contributed by atoms with van der Waals surface area (Å²) >= 11 is 3.36. The topological polar surface area (TPSA) is 46.3 Å². The number of nitrogens with zero attached hydrogens (tertiary/aromatic N) is 1. The Labute approximate surface area is 104 Å². The molecular formula is C12H15BrN2O. The van der Waals surface area contributed by atoms with E-state index in [1.54, 1.807) is 12.1 Å². The summed E-state index contributed by atoms with van der Waals surface area (Å²) in [5, 5.41) is 0. The van der Waals surface area contributed by atoms with Gasteiger partial charge in [-0.05, 0) is 30.5 Å². The highest BCUT2D eigenvalue weighted by Crippen LogP contribution is 2.23. The van der Waals surface area contributed by atoms with Crippen LogP contribution in [0.15, 0.2) is 22.7 Å². The predicted octanol–water partition coefficient (Wildman–Crippen LogP) is 2.51. The van der Waals surface area contributed by atoms with Crippen LogP contribution in [0.1, 0.15) is 23.7 Å². The molecule has 86 valence electrons. The Balaban J connectivity index is 2.23. The number of rotatable bonds is 1. The first-order valence-corrected chi connectivity index (χ1v) is 6.21. The molecule has 1 unspecified atom stereocenters. The number of benzene rings is 1. The van der Waals surface area contributed by atoms with E-state index in [1.807, 2.05) is 11.0 Å². The largest absolute Gasteiger partial charge is 0.398 e. The van der Waals surface area contributed by atoms with Crippen LogP contribution in [0.2, 0.25) is 0 Å². The van der Waals surface area contributed by atoms with Crippen LogP contribution in [0.5, 0.6) is 0 Å². The minimum atomic E-state index is 0.0446. The van der Waals surface area contributed by atoms with Crippen molar-refractivity contribution in [3.05, 3.63) is 28.2 Å². The number of nitrogens with two attached hydrogens (primary N) is 1. The lowest BCUT2D eigenvalue weighted by Gasteiger charge is -2.17. The number of amides is 1. The van der Waals surface area contributed by atoms with Crippen LogP contribution in [-0.4, -0.2) is 23.9 Å². The van der Waals surface area contributed by atoms with Gasteiger partial charge in [0.2, 0.25) is 0 Å². The molecule has 0 saturated carbocycles. The van der Waals surface area contributed by atoms with Gasteiger partial charge in [0.15, 0.2) is 0 Å². The fourth-order valence-corrected chi connectivity index (χ4v) is 2.36. The summed E-state index contributed by atoms with van der Waals surface area (Å²) in [4.78, 5) is 14.1. The van der Waals surface area contributed by atoms with E-state index >= 15 is 0 Å². The molecule has 0 radical (unpaired) electrons. The zero-order chi connectivity index (χ0) is 11.7. The highest BCUT2D eigenvalue weighted by atomic mass is 79.9. The molecular weight excluding hydrogens is 268 g/mol. The van der Waals surface area contributed by atoms with Gasteiger partial charge in [-0.3, -0.25) is 4.79 Å². The second kappa shape index (κ2) is 4.45. The van der Waals surface area contributed by atoms with Crippen LogP contribution >= 0.6 is 15.9 Å². The second-order valence-electron chi connectivity index (χ2n) is 4.38. The molecule has 1 fully saturated rings. The Kier molecular flexibility index (Phi) is 3.19. The number of anilines is 1. The summed E-state index contributed by atoms with van der Waals surface area (Å²) in [6.07, 6.45) is 1.08. The molecule has 0 aliphatic carbocycles. The van der Waals surface area contributed by atoms with Crippen molar-refractivity contribution in [2.75, 3.05) is 18.8 Å². The molecule has 0 bridgehead atoms. The van der Waals surface area contributed by atoms with Crippen LogP contribution in [0.25, 0.3) is 0 Å². The van der Waals surface area contributed by atoms with Gasteiger partial charge < -0.3 is 10.6 Å². The molecule has 16 heavy (non-hydrogen) atoms. The molecule has 1 saturated heterocycles. The maximum absolute atomic E-state index is 12.2. The molecule has 1 atom stereocenters. The molecule has 4 heteroatoms. The maximum Gasteiger partial charge on any atom is 0.255 e. The minimum absolute atomic E-state index is 0.0446. The zero-order valence-electron chi connectivity index (χ0n) is 9.24. The van der Waals surface area contributed by atoms with Crippen molar-refractivity contribution in [2.24, 2.45) is 5.92 Å². The molecule has 0 spiro atoms. The van der Waals surface area contributed by atoms with Crippen molar-refractivity contribution in [1.82, 2.24) is 4.90 Å². The molecule has 1 aromatic rings. The van der Waals surface area contributed by atoms with Gasteiger partial charge in [0, 0.05) is 23.2 Å². The Morgan fingerprint density at radius 1 is 1.56 bits per heavy atom. The third kappa shape index (κ3) is 2.21. The van der Waals surface area contributed by atoms with E-state index in [1.165, 1.54) is 0 Å². The number of likely N-dealkylation sites (tertiary alicyclic amines) is 1. The van der Waals surface area contributed by atoms with Gasteiger partial charge in [-0.1, -0.05) is 22.9 Å². The SMILES string of the molecule is CC1CCN(C(=O)c2cc(Br)ccc2N)C1. The van der Waals surface area contributed by atoms with Crippen molar-refractivity contribution in [3.8, 4) is 0 Å². The molecule has 1 aliphatic heterocycles. The van der Waals surface area contributed by atoms with E-state index in [2.05, 4.69) is 22.9 Å². The summed E-state index contributed by atoms with van der Waals surface area (Å²) < 4.78 is 0.886. The van der Waals surface area contributed by atoms with Gasteiger partial charge in [-0.15, -0.1) is 0 Å². The van der Waals surface area contributed by atoms with Crippen molar-refractivity contribution in [3.63, 3.8) is 0 Å². The predicted molar refractivity (Wildman–Crippen MR) is 68.2 cm³/mol. The van der Waals surface area contributed by atoms with Crippen molar-refractivity contribution in [2.45, 2.75) is 13.3 Å². The zero-order valence-corrected chi connectivity index (χ0v) is 10.8. The lowest BCUT2D eigenvalue weighted by molar-refractivity contribution is 0.0789. The van der Waals surface area contributed by atoms with Crippen molar-refractivity contribution in [1.29, 1.82) is 0 Å². The quantitative estimate of drug-likeness (QED) is 0.805. The molecule has 0 aromatic heterocycles. The second-order valence-corrected chi connectivity index (χ2v) is 5.29. The average molecular weight is 283 g/mol. The fourth-order valence-electron chi connectivity index (χ4n) is 2.00. The smallest absolute Gasteiger partial charge is 0.255 e. The van der Waals surface area contributed by atoms with Gasteiger partial charge in [0.05, 0.1) is 5.56 Å². The van der Waals surface area contributed by atoms with Crippen LogP contribution in [0.3, 0.4) is 0 Å². The summed E-state index contributed by atoms with van der Waals surface area (Å²) in [6.45, 7) is 3.84. The molecule has 1 aliphatic rings. The van der Waals surface area contributed by atoms with Gasteiger partial charge in [-0.2, -0.15) is 0 Å². The lowest BCUT2D eigenvalue weighted by Crippen LogP contribution is -2.29. The highest BCUT2D eigenvalue weighted by Gasteiger charge is 2.25. The van der Waals surface area contributed by atoms with E-state index in [-0.39, 0.29) is 5.91 Å². The summed E-state index contributed by atoms with van der Waals surface area (Å²) in [6, 6.07) is 5.40. The van der Waals surface area contributed by atoms with Crippen LogP contribution in [0, 0.1) is 5.92 Å². The highest BCUT2D eigenvalue weighted by molar-refractivity contribution is 9.10. The Morgan fingerprint density at radius 2 is 2.31 bits per heavy atom. The van der Waals surface area contributed by atoms with Gasteiger partial charge in [-0.25, -0.2) is 0 Å². The number of halogens is 1. The minimum Gasteiger partial charge on any atom is -0.398 e. The van der Waals surface area contributed by atoms with E-state index in [4.69, 9.17) is 5.73 Å². The number of hydrogen-bond acceptors (Lipinski definition) is 2. The first-order valence-electron chi connectivity index (χ1n) is 5.42. The van der Waals surface area contributed by atoms with Crippen molar-refractivity contribution >= 4 is 27.5 Å². The first-order chi connectivity index (χ1) is 7.58. The number of nitrogen functional groups attached to an aromatic ring is 1. The van der Waals surface area contributed by atoms with E-state index < -0.39 is 0 Å². The monoisotopic (exact) mass is 282 g/mol. The van der Waals surface area contributed by atoms with E-state index in [0.717, 1.165) is 24.0 Å². The third-order valence-corrected chi connectivity index (χ3v) is 3.45. The molecule has 1 amide bonds. The number of hydrogen-bond donors (Lipinski definition) is 1. The van der Waals surface area contributed by atoms with Crippen LogP contribution in [-0.2, 0) is 0 Å². The van der Waals surface area contributed by atoms with Crippen molar-refractivity contribution < 1.29 is 4.79 Å². The molecule has 1 heterocycles. The van der Waals surface area contributed by atoms with Crippen LogP contribution < -0.4 is 5.73 Å². The van der Waals surface area contributed by atoms with E-state index in [9.17, 15) is 4.79 Å². The molecule has 1 aromatic carbocycles. The summed E-state index contributed by atoms with van der Waals surface area (Å²) in [5.74, 6) is 0.639. The number of carbonyl (C=O) groups is 1. The standard InChI is InChI=1S/C12H15BrN2O/c1-8-4-5-15(7-8)12(16)10-6-9(13)2-3-11(10)14/h2-3,6,8H,4-5,7,14H2,1H3.